The summed E-state index contributed by atoms with van der Waals surface area (Å²) < 4.78 is 6.17. The van der Waals surface area contributed by atoms with E-state index in [1.807, 2.05) is 116 Å². The Morgan fingerprint density at radius 3 is 1.50 bits per heavy atom. The molecule has 0 heterocycles. The minimum absolute atomic E-state index is 0.542. The van der Waals surface area contributed by atoms with E-state index in [0.717, 1.165) is 55.6 Å². The Kier molecular flexibility index (Phi) is 6.09. The normalized spacial score (nSPS) is 15.8. The van der Waals surface area contributed by atoms with E-state index in [1.165, 1.54) is 0 Å². The molecule has 2 N–H and O–H groups in total. The number of allylic oxidation sites excluding steroid dienone is 3. The Hall–Kier alpha value is -4.96. The van der Waals surface area contributed by atoms with Gasteiger partial charge in [-0.3, -0.25) is 0 Å². The van der Waals surface area contributed by atoms with Crippen LogP contribution in [0.2, 0.25) is 0 Å². The molecule has 0 saturated carbocycles. The fraction of sp³-hybridized carbons (Fsp3) is 0.0769. The van der Waals surface area contributed by atoms with Crippen LogP contribution in [0.5, 0.6) is 5.75 Å². The van der Waals surface area contributed by atoms with Crippen LogP contribution in [0, 0.1) is 0 Å². The summed E-state index contributed by atoms with van der Waals surface area (Å²) in [5.74, 6) is 1.16. The molecular formula is C39H30O3. The van der Waals surface area contributed by atoms with Crippen molar-refractivity contribution in [3.8, 4) is 28.0 Å². The van der Waals surface area contributed by atoms with Crippen LogP contribution < -0.4 is 4.74 Å². The predicted octanol–water partition coefficient (Wildman–Crippen LogP) is 8.26. The minimum Gasteiger partial charge on any atom is -0.457 e. The van der Waals surface area contributed by atoms with Gasteiger partial charge in [-0.15, -0.1) is 0 Å². The smallest absolute Gasteiger partial charge is 0.141 e. The Bertz CT molecular complexity index is 1820. The lowest BCUT2D eigenvalue weighted by atomic mass is 9.84. The molecule has 5 aromatic carbocycles. The second-order valence-electron chi connectivity index (χ2n) is 10.9. The van der Waals surface area contributed by atoms with Gasteiger partial charge in [0.2, 0.25) is 0 Å². The summed E-state index contributed by atoms with van der Waals surface area (Å²) in [6.45, 7) is 5.87. The topological polar surface area (TPSA) is 49.7 Å². The molecule has 42 heavy (non-hydrogen) atoms. The van der Waals surface area contributed by atoms with Crippen LogP contribution in [-0.2, 0) is 11.2 Å². The second-order valence-corrected chi connectivity index (χ2v) is 10.9. The molecule has 5 aromatic rings. The van der Waals surface area contributed by atoms with Crippen LogP contribution in [0.15, 0.2) is 157 Å². The zero-order valence-electron chi connectivity index (χ0n) is 23.3. The first kappa shape index (κ1) is 26.0. The zero-order chi connectivity index (χ0) is 28.9. The van der Waals surface area contributed by atoms with E-state index in [4.69, 9.17) is 4.74 Å². The van der Waals surface area contributed by atoms with Gasteiger partial charge in [-0.05, 0) is 64.6 Å². The molecule has 0 amide bonds. The first-order valence-corrected chi connectivity index (χ1v) is 14.1. The van der Waals surface area contributed by atoms with Gasteiger partial charge in [0.15, 0.2) is 0 Å². The molecule has 0 fully saturated rings. The average Bonchev–Trinajstić information content (AvgIpc) is 3.47. The highest BCUT2D eigenvalue weighted by molar-refractivity contribution is 5.83. The maximum Gasteiger partial charge on any atom is 0.141 e. The number of hydrogen-bond donors (Lipinski definition) is 2. The standard InChI is InChI=1S/C39H30O3/c1-3-28(23-20-26(2)38(40)34-16-8-4-12-30(34)31-13-5-9-17-35(31)38)42-29-24-21-27(22-25-29)39(41)36-18-10-6-14-32(36)33-15-7-11-19-37(33)39/h3-25,40-41H,1H2,2H3/b26-20+,28-23+. The molecule has 0 aliphatic heterocycles. The van der Waals surface area contributed by atoms with E-state index in [1.54, 1.807) is 6.08 Å². The van der Waals surface area contributed by atoms with Gasteiger partial charge in [-0.1, -0.05) is 122 Å². The van der Waals surface area contributed by atoms with E-state index >= 15 is 0 Å². The number of fused-ring (bicyclic) bond motifs is 6. The maximum atomic E-state index is 12.1. The van der Waals surface area contributed by atoms with Crippen molar-refractivity contribution in [1.82, 2.24) is 0 Å². The van der Waals surface area contributed by atoms with Crippen LogP contribution in [0.1, 0.15) is 34.7 Å². The van der Waals surface area contributed by atoms with Crippen molar-refractivity contribution >= 4 is 0 Å². The summed E-state index contributed by atoms with van der Waals surface area (Å²) in [5.41, 5.74) is 6.74. The van der Waals surface area contributed by atoms with Gasteiger partial charge in [0.1, 0.15) is 22.7 Å². The molecule has 2 aliphatic carbocycles. The molecular weight excluding hydrogens is 516 g/mol. The highest BCUT2D eigenvalue weighted by Crippen LogP contribution is 2.52. The van der Waals surface area contributed by atoms with Crippen LogP contribution in [-0.4, -0.2) is 10.2 Å². The maximum absolute atomic E-state index is 12.1. The van der Waals surface area contributed by atoms with Crippen LogP contribution in [0.3, 0.4) is 0 Å². The lowest BCUT2D eigenvalue weighted by Gasteiger charge is -2.27. The van der Waals surface area contributed by atoms with E-state index < -0.39 is 11.2 Å². The van der Waals surface area contributed by atoms with E-state index in [2.05, 4.69) is 30.8 Å². The van der Waals surface area contributed by atoms with Gasteiger partial charge in [-0.2, -0.15) is 0 Å². The highest BCUT2D eigenvalue weighted by atomic mass is 16.5. The Morgan fingerprint density at radius 1 is 0.595 bits per heavy atom. The summed E-state index contributed by atoms with van der Waals surface area (Å²) in [4.78, 5) is 0. The van der Waals surface area contributed by atoms with E-state index in [-0.39, 0.29) is 0 Å². The number of benzene rings is 5. The van der Waals surface area contributed by atoms with Gasteiger partial charge < -0.3 is 14.9 Å². The molecule has 204 valence electrons. The van der Waals surface area contributed by atoms with Crippen molar-refractivity contribution in [2.24, 2.45) is 0 Å². The number of ether oxygens (including phenoxy) is 1. The summed E-state index contributed by atoms with van der Waals surface area (Å²) in [5, 5.41) is 24.1. The van der Waals surface area contributed by atoms with Gasteiger partial charge >= 0.3 is 0 Å². The summed E-state index contributed by atoms with van der Waals surface area (Å²) in [7, 11) is 0. The van der Waals surface area contributed by atoms with Crippen LogP contribution in [0.25, 0.3) is 22.3 Å². The fourth-order valence-corrected chi connectivity index (χ4v) is 6.53. The van der Waals surface area contributed by atoms with Gasteiger partial charge in [0.05, 0.1) is 0 Å². The third-order valence-corrected chi connectivity index (χ3v) is 8.63. The summed E-state index contributed by atoms with van der Waals surface area (Å²) >= 11 is 0. The predicted molar refractivity (Wildman–Crippen MR) is 168 cm³/mol. The van der Waals surface area contributed by atoms with Crippen molar-refractivity contribution < 1.29 is 14.9 Å². The van der Waals surface area contributed by atoms with E-state index in [9.17, 15) is 10.2 Å². The lowest BCUT2D eigenvalue weighted by molar-refractivity contribution is 0.126. The number of rotatable bonds is 6. The molecule has 0 bridgehead atoms. The second kappa shape index (κ2) is 9.85. The van der Waals surface area contributed by atoms with Crippen molar-refractivity contribution in [3.63, 3.8) is 0 Å². The molecule has 0 aromatic heterocycles. The van der Waals surface area contributed by atoms with Gasteiger partial charge in [0.25, 0.3) is 0 Å². The number of hydrogen-bond acceptors (Lipinski definition) is 3. The lowest BCUT2D eigenvalue weighted by Crippen LogP contribution is -2.26. The van der Waals surface area contributed by atoms with Crippen molar-refractivity contribution in [2.45, 2.75) is 18.1 Å². The third kappa shape index (κ3) is 3.75. The fourth-order valence-electron chi connectivity index (χ4n) is 6.53. The minimum atomic E-state index is -1.24. The van der Waals surface area contributed by atoms with Gasteiger partial charge in [0, 0.05) is 22.3 Å². The largest absolute Gasteiger partial charge is 0.457 e. The zero-order valence-corrected chi connectivity index (χ0v) is 23.3. The monoisotopic (exact) mass is 546 g/mol. The molecule has 3 heteroatoms. The molecule has 0 atom stereocenters. The Labute approximate surface area is 246 Å². The Balaban J connectivity index is 1.18. The Morgan fingerprint density at radius 2 is 1.02 bits per heavy atom. The quantitative estimate of drug-likeness (QED) is 0.166. The third-order valence-electron chi connectivity index (χ3n) is 8.63. The SMILES string of the molecule is C=C/C(=C\C=C(/C)C1(O)c2ccccc2-c2ccccc21)Oc1ccc(C2(O)c3ccccc3-c3ccccc32)cc1. The molecule has 0 radical (unpaired) electrons. The highest BCUT2D eigenvalue weighted by Gasteiger charge is 2.43. The molecule has 7 rings (SSSR count). The van der Waals surface area contributed by atoms with Crippen LogP contribution >= 0.6 is 0 Å². The molecule has 3 nitrogen and oxygen atoms in total. The first-order valence-electron chi connectivity index (χ1n) is 14.1. The molecule has 0 spiro atoms. The van der Waals surface area contributed by atoms with E-state index in [0.29, 0.717) is 11.5 Å². The molecule has 2 aliphatic rings. The summed E-state index contributed by atoms with van der Waals surface area (Å²) in [6.07, 6.45) is 5.36. The summed E-state index contributed by atoms with van der Waals surface area (Å²) in [6, 6.07) is 39.5. The van der Waals surface area contributed by atoms with Crippen molar-refractivity contribution in [3.05, 3.63) is 185 Å². The first-order chi connectivity index (χ1) is 20.5. The molecule has 0 saturated heterocycles. The molecule has 0 unspecified atom stereocenters. The number of aliphatic hydroxyl groups is 2. The average molecular weight is 547 g/mol. The van der Waals surface area contributed by atoms with Gasteiger partial charge in [-0.25, -0.2) is 0 Å². The van der Waals surface area contributed by atoms with Crippen molar-refractivity contribution in [2.75, 3.05) is 0 Å². The van der Waals surface area contributed by atoms with Crippen molar-refractivity contribution in [1.29, 1.82) is 0 Å². The van der Waals surface area contributed by atoms with Crippen LogP contribution in [0.4, 0.5) is 0 Å².